The van der Waals surface area contributed by atoms with Gasteiger partial charge in [-0.1, -0.05) is 49.4 Å². The molecule has 7 nitrogen and oxygen atoms in total. The molecule has 1 aromatic heterocycles. The van der Waals surface area contributed by atoms with E-state index in [-0.39, 0.29) is 17.5 Å². The second kappa shape index (κ2) is 10.6. The van der Waals surface area contributed by atoms with Gasteiger partial charge in [-0.05, 0) is 62.5 Å². The maximum atomic E-state index is 12.9. The summed E-state index contributed by atoms with van der Waals surface area (Å²) >= 11 is 0. The highest BCUT2D eigenvalue weighted by molar-refractivity contribution is 5.92. The van der Waals surface area contributed by atoms with E-state index in [0.29, 0.717) is 19.6 Å². The van der Waals surface area contributed by atoms with E-state index in [2.05, 4.69) is 17.1 Å². The second-order valence-corrected chi connectivity index (χ2v) is 8.68. The van der Waals surface area contributed by atoms with Gasteiger partial charge in [-0.25, -0.2) is 9.48 Å². The van der Waals surface area contributed by atoms with Gasteiger partial charge in [-0.15, -0.1) is 0 Å². The first-order valence-corrected chi connectivity index (χ1v) is 11.9. The molecule has 1 aliphatic rings. The van der Waals surface area contributed by atoms with Gasteiger partial charge < -0.3 is 5.32 Å². The Bertz CT molecular complexity index is 1110. The average molecular weight is 448 g/mol. The van der Waals surface area contributed by atoms with Gasteiger partial charge in [0.15, 0.2) is 0 Å². The summed E-state index contributed by atoms with van der Waals surface area (Å²) in [6.07, 6.45) is 2.76. The predicted octanol–water partition coefficient (Wildman–Crippen LogP) is 3.49. The lowest BCUT2D eigenvalue weighted by molar-refractivity contribution is -0.117. The molecular formula is C26H33N5O2. The summed E-state index contributed by atoms with van der Waals surface area (Å²) in [4.78, 5) is 27.6. The van der Waals surface area contributed by atoms with Crippen LogP contribution in [0.1, 0.15) is 49.6 Å². The Hall–Kier alpha value is -3.19. The molecular weight excluding hydrogens is 414 g/mol. The van der Waals surface area contributed by atoms with Gasteiger partial charge in [0.1, 0.15) is 5.82 Å². The first-order valence-electron chi connectivity index (χ1n) is 11.9. The zero-order chi connectivity index (χ0) is 23.2. The molecule has 1 fully saturated rings. The largest absolute Gasteiger partial charge is 0.346 e. The summed E-state index contributed by atoms with van der Waals surface area (Å²) in [5.41, 5.74) is 3.11. The summed E-state index contributed by atoms with van der Waals surface area (Å²) in [6, 6.07) is 18.0. The zero-order valence-corrected chi connectivity index (χ0v) is 19.5. The van der Waals surface area contributed by atoms with E-state index in [0.717, 1.165) is 49.4 Å². The van der Waals surface area contributed by atoms with Crippen LogP contribution in [0.4, 0.5) is 5.69 Å². The topological polar surface area (TPSA) is 72.2 Å². The third-order valence-corrected chi connectivity index (χ3v) is 6.41. The first-order chi connectivity index (χ1) is 16.1. The van der Waals surface area contributed by atoms with E-state index in [4.69, 9.17) is 5.10 Å². The van der Waals surface area contributed by atoms with Gasteiger partial charge in [0, 0.05) is 18.2 Å². The van der Waals surface area contributed by atoms with Crippen LogP contribution in [0.15, 0.2) is 59.4 Å². The number of hydrogen-bond donors (Lipinski definition) is 1. The molecule has 7 heteroatoms. The smallest absolute Gasteiger partial charge is 0.325 e. The number of amides is 1. The molecule has 0 bridgehead atoms. The lowest BCUT2D eigenvalue weighted by Gasteiger charge is -2.30. The number of anilines is 1. The van der Waals surface area contributed by atoms with Crippen molar-refractivity contribution in [2.45, 2.75) is 52.1 Å². The lowest BCUT2D eigenvalue weighted by atomic mass is 9.96. The molecule has 1 amide bonds. The average Bonchev–Trinajstić information content (AvgIpc) is 3.15. The Balaban J connectivity index is 1.34. The molecule has 1 N–H and O–H groups in total. The number of nitrogens with one attached hydrogen (secondary N) is 1. The van der Waals surface area contributed by atoms with Crippen molar-refractivity contribution in [2.75, 3.05) is 25.0 Å². The van der Waals surface area contributed by atoms with Crippen LogP contribution in [0.5, 0.6) is 0 Å². The Morgan fingerprint density at radius 1 is 1.00 bits per heavy atom. The number of carbonyl (C=O) groups is 1. The van der Waals surface area contributed by atoms with E-state index in [1.807, 2.05) is 61.5 Å². The molecule has 0 aliphatic carbocycles. The van der Waals surface area contributed by atoms with E-state index in [1.165, 1.54) is 5.56 Å². The summed E-state index contributed by atoms with van der Waals surface area (Å²) in [5, 5.41) is 7.72. The van der Waals surface area contributed by atoms with E-state index in [1.54, 1.807) is 9.25 Å². The van der Waals surface area contributed by atoms with Gasteiger partial charge in [-0.2, -0.15) is 5.10 Å². The van der Waals surface area contributed by atoms with Crippen LogP contribution >= 0.6 is 0 Å². The molecule has 174 valence electrons. The molecule has 3 aromatic rings. The van der Waals surface area contributed by atoms with Gasteiger partial charge in [-0.3, -0.25) is 14.3 Å². The van der Waals surface area contributed by atoms with Crippen molar-refractivity contribution in [3.05, 3.63) is 82.0 Å². The fourth-order valence-corrected chi connectivity index (χ4v) is 4.49. The molecule has 4 rings (SSSR count). The Labute approximate surface area is 195 Å². The molecule has 0 unspecified atom stereocenters. The number of piperidine rings is 1. The van der Waals surface area contributed by atoms with Crippen molar-refractivity contribution in [1.82, 2.24) is 19.2 Å². The van der Waals surface area contributed by atoms with Crippen molar-refractivity contribution in [3.8, 4) is 0 Å². The van der Waals surface area contributed by atoms with Crippen molar-refractivity contribution >= 4 is 11.6 Å². The number of carbonyl (C=O) groups excluding carboxylic acids is 1. The maximum absolute atomic E-state index is 12.9. The second-order valence-electron chi connectivity index (χ2n) is 8.68. The Morgan fingerprint density at radius 3 is 2.33 bits per heavy atom. The van der Waals surface area contributed by atoms with Crippen LogP contribution in [-0.4, -0.2) is 44.8 Å². The molecule has 0 radical (unpaired) electrons. The van der Waals surface area contributed by atoms with Crippen LogP contribution in [0.25, 0.3) is 0 Å². The van der Waals surface area contributed by atoms with E-state index in [9.17, 15) is 9.59 Å². The third kappa shape index (κ3) is 5.60. The van der Waals surface area contributed by atoms with Crippen LogP contribution < -0.4 is 11.0 Å². The number of hydrogen-bond acceptors (Lipinski definition) is 4. The number of benzene rings is 2. The highest BCUT2D eigenvalue weighted by atomic mass is 16.2. The highest BCUT2D eigenvalue weighted by Crippen LogP contribution is 2.26. The third-order valence-electron chi connectivity index (χ3n) is 6.41. The van der Waals surface area contributed by atoms with Gasteiger partial charge in [0.2, 0.25) is 5.91 Å². The molecule has 0 atom stereocenters. The standard InChI is InChI=1S/C26H33N5O2/c1-3-20-10-12-23(13-11-20)27-24(32)19-29-16-14-22(15-17-29)25-28-31(26(33)30(25)4-2)18-21-8-6-5-7-9-21/h5-13,22H,3-4,14-19H2,1-2H3,(H,27,32). The predicted molar refractivity (Wildman–Crippen MR) is 131 cm³/mol. The zero-order valence-electron chi connectivity index (χ0n) is 19.5. The maximum Gasteiger partial charge on any atom is 0.346 e. The SMILES string of the molecule is CCc1ccc(NC(=O)CN2CCC(c3nn(Cc4ccccc4)c(=O)n3CC)CC2)cc1. The van der Waals surface area contributed by atoms with Gasteiger partial charge >= 0.3 is 5.69 Å². The normalized spacial score (nSPS) is 15.0. The Morgan fingerprint density at radius 2 is 1.70 bits per heavy atom. The molecule has 2 aromatic carbocycles. The van der Waals surface area contributed by atoms with Crippen molar-refractivity contribution in [1.29, 1.82) is 0 Å². The van der Waals surface area contributed by atoms with Crippen molar-refractivity contribution < 1.29 is 4.79 Å². The van der Waals surface area contributed by atoms with Crippen LogP contribution in [0, 0.1) is 0 Å². The number of rotatable bonds is 8. The van der Waals surface area contributed by atoms with Gasteiger partial charge in [0.25, 0.3) is 0 Å². The number of likely N-dealkylation sites (tertiary alicyclic amines) is 1. The fourth-order valence-electron chi connectivity index (χ4n) is 4.49. The van der Waals surface area contributed by atoms with Gasteiger partial charge in [0.05, 0.1) is 13.1 Å². The summed E-state index contributed by atoms with van der Waals surface area (Å²) in [5.74, 6) is 1.12. The minimum absolute atomic E-state index is 0.00954. The fraction of sp³-hybridized carbons (Fsp3) is 0.423. The monoisotopic (exact) mass is 447 g/mol. The molecule has 1 saturated heterocycles. The molecule has 1 aliphatic heterocycles. The summed E-state index contributed by atoms with van der Waals surface area (Å²) in [7, 11) is 0. The van der Waals surface area contributed by atoms with Crippen molar-refractivity contribution in [3.63, 3.8) is 0 Å². The molecule has 33 heavy (non-hydrogen) atoms. The number of aromatic nitrogens is 3. The van der Waals surface area contributed by atoms with E-state index < -0.39 is 0 Å². The van der Waals surface area contributed by atoms with E-state index >= 15 is 0 Å². The number of aryl methyl sites for hydroxylation is 1. The minimum atomic E-state index is -0.0488. The van der Waals surface area contributed by atoms with Crippen LogP contribution in [0.2, 0.25) is 0 Å². The molecule has 0 spiro atoms. The van der Waals surface area contributed by atoms with Crippen LogP contribution in [-0.2, 0) is 24.3 Å². The number of nitrogens with zero attached hydrogens (tertiary/aromatic N) is 4. The highest BCUT2D eigenvalue weighted by Gasteiger charge is 2.27. The minimum Gasteiger partial charge on any atom is -0.325 e. The van der Waals surface area contributed by atoms with Crippen LogP contribution in [0.3, 0.4) is 0 Å². The Kier molecular flexibility index (Phi) is 7.40. The lowest BCUT2D eigenvalue weighted by Crippen LogP contribution is -2.39. The van der Waals surface area contributed by atoms with Crippen molar-refractivity contribution in [2.24, 2.45) is 0 Å². The first kappa shape index (κ1) is 23.0. The summed E-state index contributed by atoms with van der Waals surface area (Å²) in [6.45, 7) is 7.22. The molecule has 0 saturated carbocycles. The molecule has 2 heterocycles. The summed E-state index contributed by atoms with van der Waals surface area (Å²) < 4.78 is 3.38. The quantitative estimate of drug-likeness (QED) is 0.574.